The number of fused-ring (bicyclic) bond motifs is 1. The molecule has 2 aromatic rings. The number of hydrogen-bond acceptors (Lipinski definition) is 1. The summed E-state index contributed by atoms with van der Waals surface area (Å²) in [7, 11) is 0. The van der Waals surface area contributed by atoms with Gasteiger partial charge in [0.05, 0.1) is 0 Å². The van der Waals surface area contributed by atoms with E-state index in [1.165, 1.54) is 69.1 Å². The van der Waals surface area contributed by atoms with Crippen LogP contribution in [0.1, 0.15) is 69.8 Å². The highest BCUT2D eigenvalue weighted by Crippen LogP contribution is 2.48. The van der Waals surface area contributed by atoms with Gasteiger partial charge in [0.2, 0.25) is 0 Å². The van der Waals surface area contributed by atoms with Crippen LogP contribution in [0.2, 0.25) is 0 Å². The fourth-order valence-corrected chi connectivity index (χ4v) is 5.82. The molecule has 4 rings (SSSR count). The molecule has 2 fully saturated rings. The highest BCUT2D eigenvalue weighted by molar-refractivity contribution is 5.64. The van der Waals surface area contributed by atoms with Crippen molar-refractivity contribution in [2.45, 2.75) is 76.7 Å². The summed E-state index contributed by atoms with van der Waals surface area (Å²) in [6.07, 6.45) is 2.40. The zero-order valence-electron chi connectivity index (χ0n) is 18.6. The number of hydrogen-bond donors (Lipinski definition) is 0. The molecule has 0 aromatic heterocycles. The molecule has 0 saturated heterocycles. The van der Waals surface area contributed by atoms with Crippen LogP contribution in [0.3, 0.4) is 0 Å². The molecule has 2 saturated carbocycles. The molecule has 4 unspecified atom stereocenters. The van der Waals surface area contributed by atoms with Crippen LogP contribution in [0, 0.1) is 17.8 Å². The molecular weight excluding hydrogens is 416 g/mol. The van der Waals surface area contributed by atoms with E-state index < -0.39 is 12.5 Å². The van der Waals surface area contributed by atoms with Crippen LogP contribution in [-0.4, -0.2) is 12.5 Å². The minimum atomic E-state index is -4.49. The molecule has 0 spiro atoms. The maximum atomic E-state index is 13.1. The van der Waals surface area contributed by atoms with E-state index in [0.29, 0.717) is 5.92 Å². The Balaban J connectivity index is 1.37. The quantitative estimate of drug-likeness (QED) is 0.385. The van der Waals surface area contributed by atoms with Crippen LogP contribution < -0.4 is 4.74 Å². The van der Waals surface area contributed by atoms with Gasteiger partial charge in [-0.25, -0.2) is 0 Å². The first kappa shape index (κ1) is 23.1. The van der Waals surface area contributed by atoms with E-state index in [4.69, 9.17) is 0 Å². The van der Waals surface area contributed by atoms with E-state index in [2.05, 4.69) is 35.9 Å². The van der Waals surface area contributed by atoms with Crippen molar-refractivity contribution in [1.82, 2.24) is 0 Å². The van der Waals surface area contributed by atoms with Gasteiger partial charge in [-0.1, -0.05) is 62.6 Å². The van der Waals surface area contributed by atoms with Crippen molar-refractivity contribution in [3.05, 3.63) is 54.1 Å². The van der Waals surface area contributed by atoms with Gasteiger partial charge in [-0.15, -0.1) is 0 Å². The van der Waals surface area contributed by atoms with Crippen molar-refractivity contribution < 1.29 is 22.3 Å². The predicted octanol–water partition coefficient (Wildman–Crippen LogP) is 8.69. The molecule has 0 N–H and O–H groups in total. The van der Waals surface area contributed by atoms with Crippen LogP contribution in [0.15, 0.2) is 48.5 Å². The summed E-state index contributed by atoms with van der Waals surface area (Å²) in [6.45, 7) is 2.29. The number of halogens is 4. The van der Waals surface area contributed by atoms with Gasteiger partial charge in [0.25, 0.3) is 0 Å². The minimum absolute atomic E-state index is 0.277. The lowest BCUT2D eigenvalue weighted by Gasteiger charge is -2.42. The van der Waals surface area contributed by atoms with E-state index in [0.717, 1.165) is 28.9 Å². The molecule has 0 amide bonds. The Morgan fingerprint density at radius 3 is 2.06 bits per heavy atom. The van der Waals surface area contributed by atoms with Gasteiger partial charge < -0.3 is 4.74 Å². The lowest BCUT2D eigenvalue weighted by molar-refractivity contribution is -0.253. The Labute approximate surface area is 188 Å². The first-order chi connectivity index (χ1) is 15.4. The van der Waals surface area contributed by atoms with Gasteiger partial charge in [-0.05, 0) is 84.6 Å². The highest BCUT2D eigenvalue weighted by Gasteiger charge is 2.44. The molecular formula is C27H32F4O. The summed E-state index contributed by atoms with van der Waals surface area (Å²) in [4.78, 5) is 0. The predicted molar refractivity (Wildman–Crippen MR) is 119 cm³/mol. The summed E-state index contributed by atoms with van der Waals surface area (Å²) in [5.41, 5.74) is 3.18. The maximum absolute atomic E-state index is 13.1. The number of alkyl halides is 4. The Kier molecular flexibility index (Phi) is 7.11. The van der Waals surface area contributed by atoms with Crippen LogP contribution in [-0.2, 0) is 0 Å². The van der Waals surface area contributed by atoms with Gasteiger partial charge in [-0.3, -0.25) is 0 Å². The third-order valence-electron chi connectivity index (χ3n) is 7.50. The molecule has 5 heteroatoms. The normalized spacial score (nSPS) is 26.1. The Morgan fingerprint density at radius 1 is 0.844 bits per heavy atom. The average molecular weight is 449 g/mol. The molecule has 4 atom stereocenters. The largest absolute Gasteiger partial charge is 0.461 e. The third-order valence-corrected chi connectivity index (χ3v) is 7.50. The van der Waals surface area contributed by atoms with Gasteiger partial charge >= 0.3 is 12.5 Å². The fourth-order valence-electron chi connectivity index (χ4n) is 5.82. The summed E-state index contributed by atoms with van der Waals surface area (Å²) in [5.74, 6) is 3.05. The molecule has 0 bridgehead atoms. The topological polar surface area (TPSA) is 9.23 Å². The lowest BCUT2D eigenvalue weighted by atomic mass is 9.63. The molecule has 32 heavy (non-hydrogen) atoms. The lowest BCUT2D eigenvalue weighted by Crippen LogP contribution is -2.33. The van der Waals surface area contributed by atoms with Crippen LogP contribution in [0.4, 0.5) is 17.6 Å². The van der Waals surface area contributed by atoms with E-state index in [1.54, 1.807) is 12.1 Å². The molecule has 2 aliphatic carbocycles. The van der Waals surface area contributed by atoms with Crippen molar-refractivity contribution in [3.63, 3.8) is 0 Å². The second-order valence-electron chi connectivity index (χ2n) is 9.61. The molecule has 2 aromatic carbocycles. The van der Waals surface area contributed by atoms with Crippen LogP contribution in [0.5, 0.6) is 5.75 Å². The van der Waals surface area contributed by atoms with E-state index in [9.17, 15) is 17.6 Å². The van der Waals surface area contributed by atoms with Crippen molar-refractivity contribution >= 4 is 0 Å². The summed E-state index contributed by atoms with van der Waals surface area (Å²) in [5, 5.41) is 0. The van der Waals surface area contributed by atoms with Gasteiger partial charge in [0.15, 0.2) is 0 Å². The number of benzene rings is 2. The summed E-state index contributed by atoms with van der Waals surface area (Å²) >= 11 is 0. The minimum Gasteiger partial charge on any atom is -0.428 e. The van der Waals surface area contributed by atoms with Crippen LogP contribution in [0.25, 0.3) is 11.1 Å². The first-order valence-electron chi connectivity index (χ1n) is 11.9. The van der Waals surface area contributed by atoms with Gasteiger partial charge in [0.1, 0.15) is 5.75 Å². The highest BCUT2D eigenvalue weighted by atomic mass is 19.3. The molecule has 174 valence electrons. The average Bonchev–Trinajstić information content (AvgIpc) is 2.79. The zero-order valence-corrected chi connectivity index (χ0v) is 18.6. The maximum Gasteiger partial charge on any atom is 0.461 e. The van der Waals surface area contributed by atoms with Gasteiger partial charge in [-0.2, -0.15) is 17.6 Å². The monoisotopic (exact) mass is 448 g/mol. The van der Waals surface area contributed by atoms with Crippen molar-refractivity contribution in [2.75, 3.05) is 0 Å². The van der Waals surface area contributed by atoms with E-state index >= 15 is 0 Å². The second-order valence-corrected chi connectivity index (χ2v) is 9.61. The second kappa shape index (κ2) is 9.84. The summed E-state index contributed by atoms with van der Waals surface area (Å²) < 4.78 is 54.9. The standard InChI is InChI=1S/C27H32F4O/c1-2-3-18-4-5-24-17-23(11-10-22(24)16-18)21-8-6-19(7-9-21)20-12-14-25(15-13-20)32-27(30,31)26(28)29/h6-9,12-15,18,22-24,26H,2-5,10-11,16-17H2,1H3. The third kappa shape index (κ3) is 5.29. The van der Waals surface area contributed by atoms with Crippen molar-refractivity contribution in [2.24, 2.45) is 17.8 Å². The Bertz CT molecular complexity index is 862. The molecule has 1 nitrogen and oxygen atoms in total. The first-order valence-corrected chi connectivity index (χ1v) is 11.9. The SMILES string of the molecule is CCCC1CCC2CC(c3ccc(-c4ccc(OC(F)(F)C(F)F)cc4)cc3)CCC2C1. The number of rotatable bonds is 7. The molecule has 0 heterocycles. The molecule has 0 aliphatic heterocycles. The number of ether oxygens (including phenoxy) is 1. The van der Waals surface area contributed by atoms with Crippen molar-refractivity contribution in [1.29, 1.82) is 0 Å². The smallest absolute Gasteiger partial charge is 0.428 e. The Morgan fingerprint density at radius 2 is 1.44 bits per heavy atom. The molecule has 2 aliphatic rings. The fraction of sp³-hybridized carbons (Fsp3) is 0.556. The van der Waals surface area contributed by atoms with Crippen LogP contribution >= 0.6 is 0 Å². The molecule has 0 radical (unpaired) electrons. The van der Waals surface area contributed by atoms with Gasteiger partial charge in [0, 0.05) is 0 Å². The van der Waals surface area contributed by atoms with E-state index in [1.807, 2.05) is 0 Å². The van der Waals surface area contributed by atoms with E-state index in [-0.39, 0.29) is 5.75 Å². The van der Waals surface area contributed by atoms with Crippen molar-refractivity contribution in [3.8, 4) is 16.9 Å². The zero-order chi connectivity index (χ0) is 22.7. The Hall–Kier alpha value is -2.04. The summed E-state index contributed by atoms with van der Waals surface area (Å²) in [6, 6.07) is 14.3.